The Kier molecular flexibility index (Phi) is 20.9. The van der Waals surface area contributed by atoms with Gasteiger partial charge in [0, 0.05) is 13.1 Å². The van der Waals surface area contributed by atoms with Crippen LogP contribution in [0.25, 0.3) is 0 Å². The third-order valence-electron chi connectivity index (χ3n) is 6.52. The number of alkyl halides is 3. The van der Waals surface area contributed by atoms with Gasteiger partial charge in [-0.25, -0.2) is 0 Å². The molecule has 36 heavy (non-hydrogen) atoms. The minimum Gasteiger partial charge on any atom is -0.354 e. The Labute approximate surface area is 236 Å². The normalized spacial score (nSPS) is 11.7. The molecule has 1 heterocycles. The summed E-state index contributed by atoms with van der Waals surface area (Å²) in [5.41, 5.74) is 0. The third kappa shape index (κ3) is 18.7. The van der Waals surface area contributed by atoms with Crippen molar-refractivity contribution in [2.24, 2.45) is 0 Å². The van der Waals surface area contributed by atoms with Crippen LogP contribution in [-0.4, -0.2) is 28.0 Å². The number of hydrogen-bond donors (Lipinski definition) is 2. The summed E-state index contributed by atoms with van der Waals surface area (Å²) in [7, 11) is 0. The van der Waals surface area contributed by atoms with Gasteiger partial charge in [0.2, 0.25) is 15.7 Å². The first-order valence-electron chi connectivity index (χ1n) is 14.8. The molecule has 0 aliphatic heterocycles. The molecule has 0 saturated heterocycles. The number of unbranched alkanes of at least 4 members (excludes halogenated alkanes) is 18. The Morgan fingerprint density at radius 2 is 0.778 bits per heavy atom. The lowest BCUT2D eigenvalue weighted by Gasteiger charge is -2.14. The van der Waals surface area contributed by atoms with Gasteiger partial charge < -0.3 is 10.6 Å². The second-order valence-electron chi connectivity index (χ2n) is 10.0. The van der Waals surface area contributed by atoms with Crippen LogP contribution in [0, 0.1) is 0 Å². The molecule has 1 aromatic heterocycles. The van der Waals surface area contributed by atoms with Crippen LogP contribution < -0.4 is 10.6 Å². The molecule has 8 heteroatoms. The van der Waals surface area contributed by atoms with E-state index in [0.29, 0.717) is 11.9 Å². The van der Waals surface area contributed by atoms with E-state index in [-0.39, 0.29) is 5.82 Å². The van der Waals surface area contributed by atoms with Crippen molar-refractivity contribution in [1.29, 1.82) is 0 Å². The number of rotatable bonds is 24. The van der Waals surface area contributed by atoms with Crippen LogP contribution in [0.4, 0.5) is 11.9 Å². The Balaban J connectivity index is 2.25. The summed E-state index contributed by atoms with van der Waals surface area (Å²) in [5, 5.41) is 6.58. The highest BCUT2D eigenvalue weighted by Gasteiger charge is 2.28. The van der Waals surface area contributed by atoms with Crippen molar-refractivity contribution in [2.45, 2.75) is 146 Å². The van der Waals surface area contributed by atoms with Crippen molar-refractivity contribution in [1.82, 2.24) is 15.0 Å². The second kappa shape index (κ2) is 22.5. The molecule has 0 bridgehead atoms. The van der Waals surface area contributed by atoms with Crippen molar-refractivity contribution in [3.05, 3.63) is 5.82 Å². The van der Waals surface area contributed by atoms with Crippen molar-refractivity contribution >= 4 is 46.7 Å². The van der Waals surface area contributed by atoms with Crippen LogP contribution >= 0.6 is 34.8 Å². The molecule has 0 saturated carbocycles. The van der Waals surface area contributed by atoms with E-state index in [1.54, 1.807) is 0 Å². The monoisotopic (exact) mass is 563 g/mol. The topological polar surface area (TPSA) is 62.7 Å². The molecule has 0 amide bonds. The number of halogens is 3. The van der Waals surface area contributed by atoms with E-state index in [1.165, 1.54) is 116 Å². The van der Waals surface area contributed by atoms with Crippen LogP contribution in [-0.2, 0) is 3.79 Å². The van der Waals surface area contributed by atoms with Crippen molar-refractivity contribution in [3.8, 4) is 0 Å². The Morgan fingerprint density at radius 3 is 1.08 bits per heavy atom. The Bertz CT molecular complexity index is 596. The first kappa shape index (κ1) is 33.5. The molecule has 2 N–H and O–H groups in total. The molecule has 0 atom stereocenters. The van der Waals surface area contributed by atoms with E-state index in [4.69, 9.17) is 34.8 Å². The van der Waals surface area contributed by atoms with E-state index < -0.39 is 3.79 Å². The Hall–Kier alpha value is -0.520. The maximum absolute atomic E-state index is 6.07. The molecule has 0 aliphatic rings. The number of nitrogens with zero attached hydrogens (tertiary/aromatic N) is 3. The molecule has 0 aromatic carbocycles. The molecule has 5 nitrogen and oxygen atoms in total. The standard InChI is InChI=1S/C28H52Cl3N5/c1-3-5-7-9-11-13-15-17-19-21-23-32-26-34-25(28(29,30)31)35-27(36-26)33-24-22-20-18-16-14-12-10-8-6-4-2/h3-24H2,1-2H3,(H2,32,33,34,35,36). The average molecular weight is 565 g/mol. The van der Waals surface area contributed by atoms with Gasteiger partial charge in [-0.15, -0.1) is 0 Å². The summed E-state index contributed by atoms with van der Waals surface area (Å²) in [6, 6.07) is 0. The lowest BCUT2D eigenvalue weighted by molar-refractivity contribution is 0.559. The molecule has 0 spiro atoms. The quantitative estimate of drug-likeness (QED) is 0.0965. The van der Waals surface area contributed by atoms with E-state index in [1.807, 2.05) is 0 Å². The van der Waals surface area contributed by atoms with Crippen LogP contribution in [0.3, 0.4) is 0 Å². The summed E-state index contributed by atoms with van der Waals surface area (Å²) in [6.07, 6.45) is 26.1. The zero-order valence-electron chi connectivity index (χ0n) is 23.0. The Morgan fingerprint density at radius 1 is 0.472 bits per heavy atom. The maximum atomic E-state index is 6.07. The number of anilines is 2. The predicted molar refractivity (Wildman–Crippen MR) is 160 cm³/mol. The largest absolute Gasteiger partial charge is 0.354 e. The molecule has 0 unspecified atom stereocenters. The summed E-state index contributed by atoms with van der Waals surface area (Å²) >= 11 is 18.2. The zero-order chi connectivity index (χ0) is 26.3. The highest BCUT2D eigenvalue weighted by atomic mass is 35.6. The minimum atomic E-state index is -1.68. The van der Waals surface area contributed by atoms with Gasteiger partial charge >= 0.3 is 0 Å². The van der Waals surface area contributed by atoms with Crippen molar-refractivity contribution in [3.63, 3.8) is 0 Å². The summed E-state index contributed by atoms with van der Waals surface area (Å²) in [6.45, 7) is 6.13. The molecule has 0 fully saturated rings. The second-order valence-corrected chi connectivity index (χ2v) is 12.3. The van der Waals surface area contributed by atoms with Crippen LogP contribution in [0.2, 0.25) is 0 Å². The SMILES string of the molecule is CCCCCCCCCCCCNc1nc(NCCCCCCCCCCCC)nc(C(Cl)(Cl)Cl)n1. The van der Waals surface area contributed by atoms with Crippen molar-refractivity contribution in [2.75, 3.05) is 23.7 Å². The van der Waals surface area contributed by atoms with Gasteiger partial charge in [0.15, 0.2) is 5.82 Å². The molecule has 210 valence electrons. The fourth-order valence-electron chi connectivity index (χ4n) is 4.29. The van der Waals surface area contributed by atoms with Crippen LogP contribution in [0.5, 0.6) is 0 Å². The van der Waals surface area contributed by atoms with E-state index in [0.717, 1.165) is 25.9 Å². The smallest absolute Gasteiger partial charge is 0.250 e. The molecule has 0 radical (unpaired) electrons. The third-order valence-corrected chi connectivity index (χ3v) is 7.02. The minimum absolute atomic E-state index is 0.152. The van der Waals surface area contributed by atoms with Gasteiger partial charge in [0.1, 0.15) is 0 Å². The molecule has 1 rings (SSSR count). The molecular weight excluding hydrogens is 513 g/mol. The van der Waals surface area contributed by atoms with Gasteiger partial charge in [-0.1, -0.05) is 164 Å². The average Bonchev–Trinajstić information content (AvgIpc) is 2.85. The molecular formula is C28H52Cl3N5. The lowest BCUT2D eigenvalue weighted by Crippen LogP contribution is -2.16. The van der Waals surface area contributed by atoms with Crippen LogP contribution in [0.1, 0.15) is 148 Å². The van der Waals surface area contributed by atoms with Gasteiger partial charge in [-0.2, -0.15) is 15.0 Å². The lowest BCUT2D eigenvalue weighted by atomic mass is 10.1. The van der Waals surface area contributed by atoms with E-state index in [9.17, 15) is 0 Å². The fraction of sp³-hybridized carbons (Fsp3) is 0.893. The number of nitrogens with one attached hydrogen (secondary N) is 2. The predicted octanol–water partition coefficient (Wildman–Crippen LogP) is 10.4. The highest BCUT2D eigenvalue weighted by molar-refractivity contribution is 6.66. The number of aromatic nitrogens is 3. The van der Waals surface area contributed by atoms with Gasteiger partial charge in [-0.3, -0.25) is 0 Å². The number of hydrogen-bond acceptors (Lipinski definition) is 5. The van der Waals surface area contributed by atoms with Gasteiger partial charge in [0.05, 0.1) is 0 Å². The first-order chi connectivity index (χ1) is 17.5. The van der Waals surface area contributed by atoms with E-state index >= 15 is 0 Å². The highest BCUT2D eigenvalue weighted by Crippen LogP contribution is 2.36. The van der Waals surface area contributed by atoms with Crippen molar-refractivity contribution < 1.29 is 0 Å². The summed E-state index contributed by atoms with van der Waals surface area (Å²) < 4.78 is -1.68. The maximum Gasteiger partial charge on any atom is 0.250 e. The van der Waals surface area contributed by atoms with E-state index in [2.05, 4.69) is 39.4 Å². The fourth-order valence-corrected chi connectivity index (χ4v) is 4.54. The van der Waals surface area contributed by atoms with Crippen LogP contribution in [0.15, 0.2) is 0 Å². The summed E-state index contributed by atoms with van der Waals surface area (Å²) in [5.74, 6) is 1.08. The first-order valence-corrected chi connectivity index (χ1v) is 15.9. The molecule has 0 aliphatic carbocycles. The molecule has 1 aromatic rings. The zero-order valence-corrected chi connectivity index (χ0v) is 25.3. The van der Waals surface area contributed by atoms with Gasteiger partial charge in [-0.05, 0) is 12.8 Å². The van der Waals surface area contributed by atoms with Gasteiger partial charge in [0.25, 0.3) is 0 Å². The summed E-state index contributed by atoms with van der Waals surface area (Å²) in [4.78, 5) is 13.1.